The summed E-state index contributed by atoms with van der Waals surface area (Å²) in [5.74, 6) is 2.02. The van der Waals surface area contributed by atoms with Gasteiger partial charge in [0.15, 0.2) is 0 Å². The van der Waals surface area contributed by atoms with Crippen LogP contribution in [0, 0.1) is 5.41 Å². The molecule has 2 N–H and O–H groups in total. The molecule has 0 atom stereocenters. The predicted molar refractivity (Wildman–Crippen MR) is 80.6 cm³/mol. The third-order valence-corrected chi connectivity index (χ3v) is 3.77. The number of aromatic nitrogens is 2. The number of hydrogen-bond donors (Lipinski definition) is 2. The van der Waals surface area contributed by atoms with E-state index in [9.17, 15) is 0 Å². The van der Waals surface area contributed by atoms with E-state index in [1.807, 2.05) is 0 Å². The molecule has 4 nitrogen and oxygen atoms in total. The van der Waals surface area contributed by atoms with Crippen LogP contribution in [0.4, 0.5) is 11.6 Å². The second kappa shape index (κ2) is 6.22. The summed E-state index contributed by atoms with van der Waals surface area (Å²) in [4.78, 5) is 8.83. The molecule has 1 heterocycles. The van der Waals surface area contributed by atoms with Gasteiger partial charge in [-0.05, 0) is 31.1 Å². The van der Waals surface area contributed by atoms with Gasteiger partial charge in [0.1, 0.15) is 18.0 Å². The predicted octanol–water partition coefficient (Wildman–Crippen LogP) is 3.46. The molecule has 0 unspecified atom stereocenters. The molecule has 106 valence electrons. The molecule has 4 heteroatoms. The van der Waals surface area contributed by atoms with Gasteiger partial charge in [-0.25, -0.2) is 9.97 Å². The van der Waals surface area contributed by atoms with Crippen molar-refractivity contribution in [3.8, 4) is 0 Å². The summed E-state index contributed by atoms with van der Waals surface area (Å²) in [6, 6.07) is 0. The van der Waals surface area contributed by atoms with Crippen LogP contribution in [0.15, 0.2) is 6.33 Å². The molecule has 0 aliphatic heterocycles. The topological polar surface area (TPSA) is 49.8 Å². The Hall–Kier alpha value is -1.32. The summed E-state index contributed by atoms with van der Waals surface area (Å²) < 4.78 is 0. The maximum atomic E-state index is 4.43. The summed E-state index contributed by atoms with van der Waals surface area (Å²) in [5.41, 5.74) is 1.73. The lowest BCUT2D eigenvalue weighted by molar-refractivity contribution is 0.608. The van der Waals surface area contributed by atoms with E-state index in [0.717, 1.165) is 44.0 Å². The van der Waals surface area contributed by atoms with Crippen molar-refractivity contribution in [1.82, 2.24) is 9.97 Å². The molecular formula is C15H26N4. The van der Waals surface area contributed by atoms with Crippen molar-refractivity contribution >= 4 is 11.6 Å². The van der Waals surface area contributed by atoms with Crippen molar-refractivity contribution in [2.24, 2.45) is 5.41 Å². The quantitative estimate of drug-likeness (QED) is 0.753. The van der Waals surface area contributed by atoms with Crippen LogP contribution in [0.1, 0.15) is 52.0 Å². The van der Waals surface area contributed by atoms with Gasteiger partial charge in [-0.2, -0.15) is 0 Å². The molecule has 2 rings (SSSR count). The van der Waals surface area contributed by atoms with Gasteiger partial charge in [-0.15, -0.1) is 0 Å². The smallest absolute Gasteiger partial charge is 0.134 e. The van der Waals surface area contributed by atoms with Crippen LogP contribution in [0.2, 0.25) is 0 Å². The summed E-state index contributed by atoms with van der Waals surface area (Å²) >= 11 is 0. The standard InChI is InChI=1S/C15H26N4/c1-4-6-12-13(16-9-5-2)18-11-19-14(12)17-10-15(3)7-8-15/h11H,4-10H2,1-3H3,(H2,16,17,18,19). The first kappa shape index (κ1) is 14.1. The third kappa shape index (κ3) is 3.82. The number of anilines is 2. The van der Waals surface area contributed by atoms with Crippen LogP contribution >= 0.6 is 0 Å². The lowest BCUT2D eigenvalue weighted by Gasteiger charge is -2.16. The zero-order chi connectivity index (χ0) is 13.7. The Morgan fingerprint density at radius 1 is 1.11 bits per heavy atom. The molecule has 0 amide bonds. The molecule has 1 aliphatic rings. The van der Waals surface area contributed by atoms with E-state index in [0.29, 0.717) is 5.41 Å². The minimum Gasteiger partial charge on any atom is -0.370 e. The molecule has 19 heavy (non-hydrogen) atoms. The average molecular weight is 262 g/mol. The summed E-state index contributed by atoms with van der Waals surface area (Å²) in [5, 5.41) is 6.94. The van der Waals surface area contributed by atoms with Gasteiger partial charge >= 0.3 is 0 Å². The molecular weight excluding hydrogens is 236 g/mol. The Labute approximate surface area is 116 Å². The van der Waals surface area contributed by atoms with E-state index in [4.69, 9.17) is 0 Å². The van der Waals surface area contributed by atoms with Crippen LogP contribution in [0.3, 0.4) is 0 Å². The number of rotatable bonds is 8. The molecule has 1 aliphatic carbocycles. The fourth-order valence-corrected chi connectivity index (χ4v) is 2.13. The van der Waals surface area contributed by atoms with E-state index in [-0.39, 0.29) is 0 Å². The van der Waals surface area contributed by atoms with Gasteiger partial charge in [0.05, 0.1) is 0 Å². The monoisotopic (exact) mass is 262 g/mol. The number of nitrogens with one attached hydrogen (secondary N) is 2. The first-order chi connectivity index (χ1) is 9.18. The largest absolute Gasteiger partial charge is 0.370 e. The first-order valence-electron chi connectivity index (χ1n) is 7.50. The average Bonchev–Trinajstić information content (AvgIpc) is 3.14. The number of hydrogen-bond acceptors (Lipinski definition) is 4. The molecule has 0 radical (unpaired) electrons. The highest BCUT2D eigenvalue weighted by molar-refractivity contribution is 5.57. The molecule has 0 spiro atoms. The molecule has 0 saturated heterocycles. The lowest BCUT2D eigenvalue weighted by atomic mass is 10.1. The van der Waals surface area contributed by atoms with Crippen molar-refractivity contribution in [3.63, 3.8) is 0 Å². The van der Waals surface area contributed by atoms with Crippen LogP contribution in [0.5, 0.6) is 0 Å². The normalized spacial score (nSPS) is 16.2. The van der Waals surface area contributed by atoms with Gasteiger partial charge in [-0.1, -0.05) is 27.2 Å². The Morgan fingerprint density at radius 2 is 1.79 bits per heavy atom. The highest BCUT2D eigenvalue weighted by atomic mass is 15.1. The zero-order valence-corrected chi connectivity index (χ0v) is 12.4. The minimum absolute atomic E-state index is 0.492. The fraction of sp³-hybridized carbons (Fsp3) is 0.733. The van der Waals surface area contributed by atoms with Gasteiger partial charge in [0.25, 0.3) is 0 Å². The third-order valence-electron chi connectivity index (χ3n) is 3.77. The Kier molecular flexibility index (Phi) is 4.61. The van der Waals surface area contributed by atoms with E-state index in [1.54, 1.807) is 6.33 Å². The maximum Gasteiger partial charge on any atom is 0.134 e. The summed E-state index contributed by atoms with van der Waals surface area (Å²) in [6.45, 7) is 8.68. The van der Waals surface area contributed by atoms with E-state index >= 15 is 0 Å². The molecule has 1 aromatic heterocycles. The number of nitrogens with zero attached hydrogens (tertiary/aromatic N) is 2. The Balaban J connectivity index is 2.10. The molecule has 1 aromatic rings. The molecule has 1 fully saturated rings. The van der Waals surface area contributed by atoms with Crippen molar-refractivity contribution in [3.05, 3.63) is 11.9 Å². The molecule has 0 aromatic carbocycles. The second-order valence-corrected chi connectivity index (χ2v) is 5.89. The van der Waals surface area contributed by atoms with Crippen molar-refractivity contribution in [1.29, 1.82) is 0 Å². The zero-order valence-electron chi connectivity index (χ0n) is 12.4. The van der Waals surface area contributed by atoms with E-state index in [2.05, 4.69) is 41.4 Å². The highest BCUT2D eigenvalue weighted by Gasteiger charge is 2.37. The Bertz CT molecular complexity index is 413. The van der Waals surface area contributed by atoms with E-state index < -0.39 is 0 Å². The van der Waals surface area contributed by atoms with Crippen molar-refractivity contribution in [2.45, 2.75) is 52.9 Å². The van der Waals surface area contributed by atoms with Crippen molar-refractivity contribution < 1.29 is 0 Å². The van der Waals surface area contributed by atoms with Crippen LogP contribution < -0.4 is 10.6 Å². The fourth-order valence-electron chi connectivity index (χ4n) is 2.13. The van der Waals surface area contributed by atoms with Gasteiger partial charge in [0.2, 0.25) is 0 Å². The van der Waals surface area contributed by atoms with Gasteiger partial charge in [0, 0.05) is 18.7 Å². The van der Waals surface area contributed by atoms with Gasteiger partial charge in [-0.3, -0.25) is 0 Å². The second-order valence-electron chi connectivity index (χ2n) is 5.89. The summed E-state index contributed by atoms with van der Waals surface area (Å²) in [7, 11) is 0. The van der Waals surface area contributed by atoms with Crippen LogP contribution in [0.25, 0.3) is 0 Å². The maximum absolute atomic E-state index is 4.43. The van der Waals surface area contributed by atoms with Crippen LogP contribution in [-0.4, -0.2) is 23.1 Å². The Morgan fingerprint density at radius 3 is 2.37 bits per heavy atom. The summed E-state index contributed by atoms with van der Waals surface area (Å²) in [6.07, 6.45) is 7.56. The molecule has 1 saturated carbocycles. The van der Waals surface area contributed by atoms with Crippen LogP contribution in [-0.2, 0) is 6.42 Å². The highest BCUT2D eigenvalue weighted by Crippen LogP contribution is 2.44. The van der Waals surface area contributed by atoms with Gasteiger partial charge < -0.3 is 10.6 Å². The van der Waals surface area contributed by atoms with Crippen molar-refractivity contribution in [2.75, 3.05) is 23.7 Å². The first-order valence-corrected chi connectivity index (χ1v) is 7.50. The van der Waals surface area contributed by atoms with E-state index in [1.165, 1.54) is 18.4 Å². The lowest BCUT2D eigenvalue weighted by Crippen LogP contribution is -2.16. The molecule has 0 bridgehead atoms. The SMILES string of the molecule is CCCNc1ncnc(NCC2(C)CC2)c1CCC. The minimum atomic E-state index is 0.492.